The first-order valence-corrected chi connectivity index (χ1v) is 8.70. The van der Waals surface area contributed by atoms with Gasteiger partial charge in [-0.15, -0.1) is 0 Å². The van der Waals surface area contributed by atoms with Gasteiger partial charge in [0.2, 0.25) is 0 Å². The number of ether oxygens (including phenoxy) is 3. The molecule has 4 rings (SSSR count). The number of rotatable bonds is 6. The maximum absolute atomic E-state index is 5.74. The second-order valence-corrected chi connectivity index (χ2v) is 6.20. The zero-order chi connectivity index (χ0) is 17.9. The van der Waals surface area contributed by atoms with Crippen LogP contribution in [0.15, 0.2) is 36.8 Å². The van der Waals surface area contributed by atoms with Gasteiger partial charge in [0.05, 0.1) is 26.5 Å². The number of nitrogens with one attached hydrogen (secondary N) is 1. The molecule has 1 aliphatic rings. The summed E-state index contributed by atoms with van der Waals surface area (Å²) >= 11 is 0. The van der Waals surface area contributed by atoms with Crippen LogP contribution in [0.5, 0.6) is 11.5 Å². The molecule has 136 valence electrons. The van der Waals surface area contributed by atoms with Crippen LogP contribution >= 0.6 is 0 Å². The Morgan fingerprint density at radius 2 is 2.23 bits per heavy atom. The Kier molecular flexibility index (Phi) is 4.62. The van der Waals surface area contributed by atoms with Gasteiger partial charge in [-0.1, -0.05) is 0 Å². The number of imidazole rings is 1. The molecule has 7 nitrogen and oxygen atoms in total. The molecule has 1 aliphatic heterocycles. The summed E-state index contributed by atoms with van der Waals surface area (Å²) in [5.74, 6) is 2.35. The average Bonchev–Trinajstić information content (AvgIpc) is 3.33. The van der Waals surface area contributed by atoms with E-state index in [4.69, 9.17) is 19.2 Å². The van der Waals surface area contributed by atoms with Gasteiger partial charge in [0.15, 0.2) is 5.65 Å². The van der Waals surface area contributed by atoms with Crippen LogP contribution in [0.3, 0.4) is 0 Å². The van der Waals surface area contributed by atoms with E-state index in [1.165, 1.54) is 0 Å². The summed E-state index contributed by atoms with van der Waals surface area (Å²) < 4.78 is 18.6. The van der Waals surface area contributed by atoms with Crippen LogP contribution in [0.1, 0.15) is 12.8 Å². The molecule has 3 aromatic rings. The summed E-state index contributed by atoms with van der Waals surface area (Å²) in [7, 11) is 3.29. The van der Waals surface area contributed by atoms with E-state index in [-0.39, 0.29) is 6.10 Å². The molecule has 1 saturated heterocycles. The maximum Gasteiger partial charge on any atom is 0.157 e. The quantitative estimate of drug-likeness (QED) is 0.734. The third-order valence-electron chi connectivity index (χ3n) is 4.62. The monoisotopic (exact) mass is 354 g/mol. The molecule has 3 heterocycles. The molecule has 0 aliphatic carbocycles. The molecule has 7 heteroatoms. The van der Waals surface area contributed by atoms with Crippen molar-refractivity contribution in [3.63, 3.8) is 0 Å². The second kappa shape index (κ2) is 7.21. The molecule has 1 aromatic carbocycles. The first kappa shape index (κ1) is 16.7. The topological polar surface area (TPSA) is 69.9 Å². The van der Waals surface area contributed by atoms with Gasteiger partial charge in [0, 0.05) is 37.2 Å². The predicted molar refractivity (Wildman–Crippen MR) is 99.0 cm³/mol. The Hall–Kier alpha value is -2.80. The molecule has 0 spiro atoms. The summed E-state index contributed by atoms with van der Waals surface area (Å²) in [5, 5.41) is 3.52. The highest BCUT2D eigenvalue weighted by atomic mass is 16.5. The molecule has 0 amide bonds. The molecule has 0 unspecified atom stereocenters. The van der Waals surface area contributed by atoms with Crippen molar-refractivity contribution in [2.45, 2.75) is 18.9 Å². The van der Waals surface area contributed by atoms with Crippen molar-refractivity contribution >= 4 is 11.5 Å². The number of methoxy groups -OCH3 is 2. The van der Waals surface area contributed by atoms with Crippen molar-refractivity contribution in [3.05, 3.63) is 36.8 Å². The fraction of sp³-hybridized carbons (Fsp3) is 0.368. The van der Waals surface area contributed by atoms with Gasteiger partial charge in [0.1, 0.15) is 23.0 Å². The van der Waals surface area contributed by atoms with Crippen molar-refractivity contribution in [2.24, 2.45) is 0 Å². The van der Waals surface area contributed by atoms with Crippen molar-refractivity contribution in [1.29, 1.82) is 0 Å². The summed E-state index contributed by atoms with van der Waals surface area (Å²) in [6, 6.07) is 5.73. The van der Waals surface area contributed by atoms with E-state index in [2.05, 4.69) is 10.3 Å². The third-order valence-corrected chi connectivity index (χ3v) is 4.62. The Morgan fingerprint density at radius 1 is 1.31 bits per heavy atom. The molecule has 0 bridgehead atoms. The SMILES string of the molecule is COc1ccc(-c2nc3cnccn3c2NC[C@@H]2CCCO2)c(OC)c1. The molecule has 26 heavy (non-hydrogen) atoms. The number of fused-ring (bicyclic) bond motifs is 1. The first-order chi connectivity index (χ1) is 12.8. The average molecular weight is 354 g/mol. The van der Waals surface area contributed by atoms with E-state index in [1.54, 1.807) is 26.6 Å². The highest BCUT2D eigenvalue weighted by Gasteiger charge is 2.21. The summed E-state index contributed by atoms with van der Waals surface area (Å²) in [4.78, 5) is 8.95. The summed E-state index contributed by atoms with van der Waals surface area (Å²) in [5.41, 5.74) is 2.48. The molecule has 0 saturated carbocycles. The number of benzene rings is 1. The van der Waals surface area contributed by atoms with Crippen LogP contribution in [0.25, 0.3) is 16.9 Å². The molecule has 1 fully saturated rings. The fourth-order valence-electron chi connectivity index (χ4n) is 3.27. The Morgan fingerprint density at radius 3 is 3.00 bits per heavy atom. The minimum absolute atomic E-state index is 0.230. The fourth-order valence-corrected chi connectivity index (χ4v) is 3.27. The van der Waals surface area contributed by atoms with Crippen LogP contribution in [0, 0.1) is 0 Å². The second-order valence-electron chi connectivity index (χ2n) is 6.20. The van der Waals surface area contributed by atoms with Crippen LogP contribution in [-0.2, 0) is 4.74 Å². The largest absolute Gasteiger partial charge is 0.497 e. The van der Waals surface area contributed by atoms with E-state index >= 15 is 0 Å². The lowest BCUT2D eigenvalue weighted by Crippen LogP contribution is -2.19. The highest BCUT2D eigenvalue weighted by Crippen LogP contribution is 2.37. The number of nitrogens with zero attached hydrogens (tertiary/aromatic N) is 3. The normalized spacial score (nSPS) is 16.8. The van der Waals surface area contributed by atoms with Crippen molar-refractivity contribution < 1.29 is 14.2 Å². The Balaban J connectivity index is 1.77. The number of hydrogen-bond donors (Lipinski definition) is 1. The number of hydrogen-bond acceptors (Lipinski definition) is 6. The molecule has 1 atom stereocenters. The van der Waals surface area contributed by atoms with Gasteiger partial charge >= 0.3 is 0 Å². The summed E-state index contributed by atoms with van der Waals surface area (Å²) in [6.45, 7) is 1.57. The minimum Gasteiger partial charge on any atom is -0.497 e. The molecular weight excluding hydrogens is 332 g/mol. The van der Waals surface area contributed by atoms with Crippen LogP contribution in [0.2, 0.25) is 0 Å². The number of anilines is 1. The summed E-state index contributed by atoms with van der Waals surface area (Å²) in [6.07, 6.45) is 7.82. The lowest BCUT2D eigenvalue weighted by molar-refractivity contribution is 0.120. The lowest BCUT2D eigenvalue weighted by Gasteiger charge is -2.14. The van der Waals surface area contributed by atoms with E-state index in [0.717, 1.165) is 54.5 Å². The van der Waals surface area contributed by atoms with Crippen LogP contribution in [0.4, 0.5) is 5.82 Å². The lowest BCUT2D eigenvalue weighted by atomic mass is 10.1. The van der Waals surface area contributed by atoms with Gasteiger partial charge in [-0.3, -0.25) is 9.38 Å². The maximum atomic E-state index is 5.74. The zero-order valence-electron chi connectivity index (χ0n) is 14.9. The standard InChI is InChI=1S/C19H22N4O3/c1-24-13-5-6-15(16(10-13)25-2)18-19(21-11-14-4-3-9-26-14)23-8-7-20-12-17(23)22-18/h5-8,10,12,14,21H,3-4,9,11H2,1-2H3/t14-/m0/s1. The molecule has 1 N–H and O–H groups in total. The highest BCUT2D eigenvalue weighted by molar-refractivity contribution is 5.80. The zero-order valence-corrected chi connectivity index (χ0v) is 14.9. The minimum atomic E-state index is 0.230. The Bertz CT molecular complexity index is 903. The van der Waals surface area contributed by atoms with Crippen molar-refractivity contribution in [2.75, 3.05) is 32.7 Å². The molecule has 0 radical (unpaired) electrons. The molecular formula is C19H22N4O3. The van der Waals surface area contributed by atoms with Crippen molar-refractivity contribution in [3.8, 4) is 22.8 Å². The van der Waals surface area contributed by atoms with Gasteiger partial charge in [-0.2, -0.15) is 0 Å². The number of aromatic nitrogens is 3. The van der Waals surface area contributed by atoms with E-state index in [1.807, 2.05) is 28.8 Å². The predicted octanol–water partition coefficient (Wildman–Crippen LogP) is 3.00. The van der Waals surface area contributed by atoms with Crippen LogP contribution in [-0.4, -0.2) is 47.8 Å². The van der Waals surface area contributed by atoms with Gasteiger partial charge in [0.25, 0.3) is 0 Å². The smallest absolute Gasteiger partial charge is 0.157 e. The van der Waals surface area contributed by atoms with Gasteiger partial charge < -0.3 is 19.5 Å². The van der Waals surface area contributed by atoms with E-state index in [0.29, 0.717) is 5.75 Å². The third kappa shape index (κ3) is 3.06. The first-order valence-electron chi connectivity index (χ1n) is 8.70. The van der Waals surface area contributed by atoms with Crippen molar-refractivity contribution in [1.82, 2.24) is 14.4 Å². The van der Waals surface area contributed by atoms with Crippen LogP contribution < -0.4 is 14.8 Å². The van der Waals surface area contributed by atoms with Gasteiger partial charge in [-0.05, 0) is 25.0 Å². The van der Waals surface area contributed by atoms with Gasteiger partial charge in [-0.25, -0.2) is 4.98 Å². The van der Waals surface area contributed by atoms with E-state index < -0.39 is 0 Å². The Labute approximate surface area is 151 Å². The van der Waals surface area contributed by atoms with E-state index in [9.17, 15) is 0 Å². The molecule has 2 aromatic heterocycles.